The molecule has 0 radical (unpaired) electrons. The summed E-state index contributed by atoms with van der Waals surface area (Å²) in [7, 11) is 0. The minimum absolute atomic E-state index is 0.377. The average Bonchev–Trinajstić information content (AvgIpc) is 3.04. The topological polar surface area (TPSA) is 64.0 Å². The first-order chi connectivity index (χ1) is 12.1. The van der Waals surface area contributed by atoms with Gasteiger partial charge < -0.3 is 19.9 Å². The van der Waals surface area contributed by atoms with Crippen LogP contribution in [0, 0.1) is 0 Å². The van der Waals surface area contributed by atoms with Crippen molar-refractivity contribution in [2.75, 3.05) is 23.8 Å². The molecule has 134 valence electrons. The Morgan fingerprint density at radius 3 is 2.92 bits per heavy atom. The summed E-state index contributed by atoms with van der Waals surface area (Å²) in [6.45, 7) is 9.26. The van der Waals surface area contributed by atoms with Gasteiger partial charge in [0.15, 0.2) is 11.6 Å². The number of fused-ring (bicyclic) bond motifs is 2. The van der Waals surface area contributed by atoms with Gasteiger partial charge in [-0.25, -0.2) is 9.97 Å². The lowest BCUT2D eigenvalue weighted by atomic mass is 9.98. The predicted octanol–water partition coefficient (Wildman–Crippen LogP) is 3.58. The van der Waals surface area contributed by atoms with Gasteiger partial charge in [0.05, 0.1) is 12.3 Å². The highest BCUT2D eigenvalue weighted by Gasteiger charge is 2.26. The van der Waals surface area contributed by atoms with Crippen molar-refractivity contribution < 1.29 is 4.74 Å². The lowest BCUT2D eigenvalue weighted by molar-refractivity contribution is 0.322. The third-order valence-electron chi connectivity index (χ3n) is 5.03. The van der Waals surface area contributed by atoms with Crippen LogP contribution in [-0.4, -0.2) is 33.7 Å². The van der Waals surface area contributed by atoms with Gasteiger partial charge in [-0.2, -0.15) is 0 Å². The van der Waals surface area contributed by atoms with Crippen molar-refractivity contribution in [3.8, 4) is 5.75 Å². The molecule has 0 saturated heterocycles. The fourth-order valence-corrected chi connectivity index (χ4v) is 3.56. The van der Waals surface area contributed by atoms with E-state index in [0.717, 1.165) is 61.4 Å². The van der Waals surface area contributed by atoms with E-state index in [9.17, 15) is 0 Å². The highest BCUT2D eigenvalue weighted by atomic mass is 16.5. The molecule has 6 nitrogen and oxygen atoms in total. The number of anilines is 2. The molecule has 0 bridgehead atoms. The number of imidazole rings is 1. The van der Waals surface area contributed by atoms with Crippen LogP contribution in [0.2, 0.25) is 0 Å². The molecule has 0 saturated carbocycles. The molecule has 25 heavy (non-hydrogen) atoms. The summed E-state index contributed by atoms with van der Waals surface area (Å²) in [4.78, 5) is 9.50. The molecule has 0 aliphatic carbocycles. The Labute approximate surface area is 149 Å². The zero-order valence-electron chi connectivity index (χ0n) is 15.2. The van der Waals surface area contributed by atoms with E-state index < -0.39 is 0 Å². The number of hydrogen-bond donors (Lipinski definition) is 2. The maximum atomic E-state index is 5.73. The molecule has 0 spiro atoms. The van der Waals surface area contributed by atoms with Crippen LogP contribution in [0.3, 0.4) is 0 Å². The quantitative estimate of drug-likeness (QED) is 0.890. The van der Waals surface area contributed by atoms with Gasteiger partial charge in [-0.1, -0.05) is 20.8 Å². The van der Waals surface area contributed by atoms with Crippen molar-refractivity contribution in [2.24, 2.45) is 0 Å². The second kappa shape index (κ2) is 6.58. The Bertz CT molecular complexity index is 731. The van der Waals surface area contributed by atoms with Crippen molar-refractivity contribution in [1.82, 2.24) is 14.5 Å². The van der Waals surface area contributed by atoms with Gasteiger partial charge in [-0.15, -0.1) is 0 Å². The van der Waals surface area contributed by atoms with Gasteiger partial charge in [-0.05, 0) is 30.9 Å². The first kappa shape index (κ1) is 16.2. The van der Waals surface area contributed by atoms with Gasteiger partial charge in [0.25, 0.3) is 0 Å². The van der Waals surface area contributed by atoms with Crippen LogP contribution in [0.1, 0.15) is 56.8 Å². The van der Waals surface area contributed by atoms with Crippen LogP contribution in [0.5, 0.6) is 5.75 Å². The molecule has 2 N–H and O–H groups in total. The number of hydrogen-bond acceptors (Lipinski definition) is 5. The predicted molar refractivity (Wildman–Crippen MR) is 99.6 cm³/mol. The summed E-state index contributed by atoms with van der Waals surface area (Å²) >= 11 is 0. The number of aromatic nitrogens is 3. The Balaban J connectivity index is 1.42. The molecule has 1 unspecified atom stereocenters. The van der Waals surface area contributed by atoms with Crippen molar-refractivity contribution in [1.29, 1.82) is 0 Å². The van der Waals surface area contributed by atoms with E-state index in [1.807, 2.05) is 0 Å². The highest BCUT2D eigenvalue weighted by Crippen LogP contribution is 2.31. The number of pyridine rings is 1. The number of ether oxygens (including phenoxy) is 1. The Morgan fingerprint density at radius 1 is 1.24 bits per heavy atom. The smallest absolute Gasteiger partial charge is 0.203 e. The SMILES string of the molecule is CC(C)c1cn2c(n1)NC(C[C@@H](C)c1ccc3c(n1)NCCCO3)C2. The largest absolute Gasteiger partial charge is 0.490 e. The van der Waals surface area contributed by atoms with Gasteiger partial charge in [0.2, 0.25) is 5.95 Å². The summed E-state index contributed by atoms with van der Waals surface area (Å²) in [6, 6.07) is 4.55. The fraction of sp³-hybridized carbons (Fsp3) is 0.579. The summed E-state index contributed by atoms with van der Waals surface area (Å²) in [5.41, 5.74) is 2.28. The highest BCUT2D eigenvalue weighted by molar-refractivity contribution is 5.51. The van der Waals surface area contributed by atoms with Gasteiger partial charge in [0, 0.05) is 36.9 Å². The maximum absolute atomic E-state index is 5.73. The van der Waals surface area contributed by atoms with Crippen molar-refractivity contribution >= 4 is 11.8 Å². The Kier molecular flexibility index (Phi) is 4.27. The minimum atomic E-state index is 0.377. The molecule has 0 aromatic carbocycles. The Hall–Kier alpha value is -2.24. The van der Waals surface area contributed by atoms with Gasteiger partial charge >= 0.3 is 0 Å². The second-order valence-electron chi connectivity index (χ2n) is 7.49. The third kappa shape index (κ3) is 3.30. The van der Waals surface area contributed by atoms with E-state index in [1.165, 1.54) is 0 Å². The summed E-state index contributed by atoms with van der Waals surface area (Å²) in [5.74, 6) is 3.60. The van der Waals surface area contributed by atoms with E-state index in [-0.39, 0.29) is 0 Å². The second-order valence-corrected chi connectivity index (χ2v) is 7.49. The van der Waals surface area contributed by atoms with Crippen LogP contribution in [0.4, 0.5) is 11.8 Å². The molecule has 0 fully saturated rings. The first-order valence-corrected chi connectivity index (χ1v) is 9.31. The number of nitrogens with zero attached hydrogens (tertiary/aromatic N) is 3. The summed E-state index contributed by atoms with van der Waals surface area (Å²) in [5, 5.41) is 6.94. The van der Waals surface area contributed by atoms with Crippen molar-refractivity contribution in [2.45, 2.75) is 58.0 Å². The number of nitrogens with one attached hydrogen (secondary N) is 2. The summed E-state index contributed by atoms with van der Waals surface area (Å²) < 4.78 is 7.97. The van der Waals surface area contributed by atoms with E-state index in [0.29, 0.717) is 17.9 Å². The lowest BCUT2D eigenvalue weighted by Gasteiger charge is -2.18. The molecular formula is C19H27N5O. The zero-order valence-corrected chi connectivity index (χ0v) is 15.2. The monoisotopic (exact) mass is 341 g/mol. The van der Waals surface area contributed by atoms with Crippen LogP contribution >= 0.6 is 0 Å². The van der Waals surface area contributed by atoms with Crippen LogP contribution in [-0.2, 0) is 6.54 Å². The number of rotatable bonds is 4. The molecule has 2 aliphatic heterocycles. The molecule has 2 aliphatic rings. The molecule has 0 amide bonds. The van der Waals surface area contributed by atoms with E-state index in [2.05, 4.69) is 54.3 Å². The molecule has 6 heteroatoms. The van der Waals surface area contributed by atoms with E-state index >= 15 is 0 Å². The van der Waals surface area contributed by atoms with Crippen molar-refractivity contribution in [3.63, 3.8) is 0 Å². The minimum Gasteiger partial charge on any atom is -0.490 e. The van der Waals surface area contributed by atoms with Gasteiger partial charge in [-0.3, -0.25) is 0 Å². The molecule has 4 heterocycles. The van der Waals surface area contributed by atoms with E-state index in [4.69, 9.17) is 14.7 Å². The van der Waals surface area contributed by atoms with Gasteiger partial charge in [0.1, 0.15) is 0 Å². The average molecular weight is 341 g/mol. The summed E-state index contributed by atoms with van der Waals surface area (Å²) in [6.07, 6.45) is 4.23. The zero-order chi connectivity index (χ0) is 17.4. The third-order valence-corrected chi connectivity index (χ3v) is 5.03. The molecule has 2 atom stereocenters. The molecular weight excluding hydrogens is 314 g/mol. The Morgan fingerprint density at radius 2 is 2.12 bits per heavy atom. The van der Waals surface area contributed by atoms with Crippen molar-refractivity contribution in [3.05, 3.63) is 29.7 Å². The van der Waals surface area contributed by atoms with Crippen LogP contribution < -0.4 is 15.4 Å². The fourth-order valence-electron chi connectivity index (χ4n) is 3.56. The molecule has 2 aromatic rings. The first-order valence-electron chi connectivity index (χ1n) is 9.31. The van der Waals surface area contributed by atoms with Crippen LogP contribution in [0.15, 0.2) is 18.3 Å². The van der Waals surface area contributed by atoms with E-state index in [1.54, 1.807) is 0 Å². The standard InChI is InChI=1S/C19H27N5O/c1-12(2)16-11-24-10-14(21-19(24)23-16)9-13(3)15-5-6-17-18(22-15)20-7-4-8-25-17/h5-6,11-14H,4,7-10H2,1-3H3,(H,20,22)(H,21,23)/t13-,14?/m1/s1. The molecule has 4 rings (SSSR count). The lowest BCUT2D eigenvalue weighted by Crippen LogP contribution is -2.20. The molecule has 2 aromatic heterocycles. The van der Waals surface area contributed by atoms with Crippen LogP contribution in [0.25, 0.3) is 0 Å². The maximum Gasteiger partial charge on any atom is 0.203 e. The normalized spacial score (nSPS) is 20.1.